The van der Waals surface area contributed by atoms with Gasteiger partial charge >= 0.3 is 0 Å². The van der Waals surface area contributed by atoms with Crippen molar-refractivity contribution >= 4 is 5.69 Å². The summed E-state index contributed by atoms with van der Waals surface area (Å²) in [5, 5.41) is 3.22. The molecule has 2 nitrogen and oxygen atoms in total. The number of hydrogen-bond acceptors (Lipinski definition) is 2. The van der Waals surface area contributed by atoms with Crippen LogP contribution in [0.1, 0.15) is 23.1 Å². The maximum Gasteiger partial charge on any atom is 0.0429 e. The Balaban J connectivity index is 1.68. The average Bonchev–Trinajstić information content (AvgIpc) is 2.91. The quantitative estimate of drug-likeness (QED) is 0.816. The molecule has 2 aromatic carbocycles. The number of fused-ring (bicyclic) bond motifs is 1. The number of aryl methyl sites for hydroxylation is 1. The molecule has 1 N–H and O–H groups in total. The summed E-state index contributed by atoms with van der Waals surface area (Å²) in [6.45, 7) is 3.26. The van der Waals surface area contributed by atoms with Gasteiger partial charge < -0.3 is 10.2 Å². The lowest BCUT2D eigenvalue weighted by atomic mass is 10.0. The lowest BCUT2D eigenvalue weighted by Gasteiger charge is -2.19. The molecule has 0 bridgehead atoms. The molecule has 21 heavy (non-hydrogen) atoms. The molecule has 2 heteroatoms. The summed E-state index contributed by atoms with van der Waals surface area (Å²) in [4.78, 5) is 2.50. The molecule has 2 aromatic rings. The zero-order chi connectivity index (χ0) is 14.5. The van der Waals surface area contributed by atoms with Gasteiger partial charge in [0.2, 0.25) is 0 Å². The van der Waals surface area contributed by atoms with Crippen molar-refractivity contribution < 1.29 is 0 Å². The molecule has 1 aliphatic heterocycles. The summed E-state index contributed by atoms with van der Waals surface area (Å²) in [5.74, 6) is 0. The Hall–Kier alpha value is -1.80. The highest BCUT2D eigenvalue weighted by molar-refractivity contribution is 5.59. The minimum atomic E-state index is 1.02. The third-order valence-corrected chi connectivity index (χ3v) is 4.24. The van der Waals surface area contributed by atoms with Crippen molar-refractivity contribution in [2.75, 3.05) is 25.0 Å². The van der Waals surface area contributed by atoms with Gasteiger partial charge in [-0.25, -0.2) is 0 Å². The number of benzene rings is 2. The van der Waals surface area contributed by atoms with E-state index in [2.05, 4.69) is 58.7 Å². The van der Waals surface area contributed by atoms with Crippen LogP contribution >= 0.6 is 0 Å². The van der Waals surface area contributed by atoms with Crippen LogP contribution in [0.25, 0.3) is 0 Å². The first-order valence-corrected chi connectivity index (χ1v) is 7.92. The van der Waals surface area contributed by atoms with Crippen LogP contribution < -0.4 is 10.2 Å². The second kappa shape index (κ2) is 6.77. The molecule has 1 aliphatic rings. The van der Waals surface area contributed by atoms with E-state index >= 15 is 0 Å². The average molecular weight is 280 g/mol. The molecule has 3 rings (SSSR count). The van der Waals surface area contributed by atoms with Gasteiger partial charge in [0.1, 0.15) is 0 Å². The van der Waals surface area contributed by atoms with Crippen LogP contribution in [-0.4, -0.2) is 20.1 Å². The second-order valence-electron chi connectivity index (χ2n) is 5.83. The Bertz CT molecular complexity index is 577. The Morgan fingerprint density at radius 2 is 1.90 bits per heavy atom. The van der Waals surface area contributed by atoms with Crippen LogP contribution in [0.5, 0.6) is 0 Å². The van der Waals surface area contributed by atoms with Crippen LogP contribution in [0.4, 0.5) is 5.69 Å². The van der Waals surface area contributed by atoms with Gasteiger partial charge in [-0.15, -0.1) is 0 Å². The summed E-state index contributed by atoms with van der Waals surface area (Å²) < 4.78 is 0. The molecule has 0 fully saturated rings. The predicted octanol–water partition coefficient (Wildman–Crippen LogP) is 3.40. The summed E-state index contributed by atoms with van der Waals surface area (Å²) in [7, 11) is 2.02. The highest BCUT2D eigenvalue weighted by Gasteiger charge is 2.19. The highest BCUT2D eigenvalue weighted by atomic mass is 15.1. The van der Waals surface area contributed by atoms with E-state index in [0.29, 0.717) is 0 Å². The standard InChI is InChI=1S/C19H24N2/c1-20-12-5-8-16-9-10-19-18(14-16)11-13-21(19)15-17-6-3-2-4-7-17/h2-4,6-7,9-10,14,20H,5,8,11-13,15H2,1H3. The molecule has 0 amide bonds. The normalized spacial score (nSPS) is 13.5. The van der Waals surface area contributed by atoms with Crippen LogP contribution in [0.3, 0.4) is 0 Å². The van der Waals surface area contributed by atoms with Crippen LogP contribution in [-0.2, 0) is 19.4 Å². The van der Waals surface area contributed by atoms with E-state index in [0.717, 1.165) is 19.6 Å². The molecule has 0 radical (unpaired) electrons. The van der Waals surface area contributed by atoms with E-state index in [1.54, 1.807) is 0 Å². The maximum atomic E-state index is 3.22. The minimum Gasteiger partial charge on any atom is -0.367 e. The monoisotopic (exact) mass is 280 g/mol. The molecule has 0 unspecified atom stereocenters. The van der Waals surface area contributed by atoms with Gasteiger partial charge in [-0.2, -0.15) is 0 Å². The first kappa shape index (κ1) is 14.2. The molecule has 0 saturated heterocycles. The largest absolute Gasteiger partial charge is 0.367 e. The second-order valence-corrected chi connectivity index (χ2v) is 5.83. The lowest BCUT2D eigenvalue weighted by Crippen LogP contribution is -2.19. The first-order chi connectivity index (χ1) is 10.4. The first-order valence-electron chi connectivity index (χ1n) is 7.92. The van der Waals surface area contributed by atoms with Crippen molar-refractivity contribution in [2.45, 2.75) is 25.8 Å². The van der Waals surface area contributed by atoms with E-state index in [1.807, 2.05) is 7.05 Å². The topological polar surface area (TPSA) is 15.3 Å². The zero-order valence-corrected chi connectivity index (χ0v) is 12.8. The van der Waals surface area contributed by atoms with Crippen molar-refractivity contribution in [3.05, 3.63) is 65.2 Å². The third kappa shape index (κ3) is 3.45. The highest BCUT2D eigenvalue weighted by Crippen LogP contribution is 2.30. The smallest absolute Gasteiger partial charge is 0.0429 e. The lowest BCUT2D eigenvalue weighted by molar-refractivity contribution is 0.724. The molecule has 0 aliphatic carbocycles. The number of nitrogens with one attached hydrogen (secondary N) is 1. The molecule has 0 aromatic heterocycles. The molecule has 1 heterocycles. The number of rotatable bonds is 6. The van der Waals surface area contributed by atoms with Gasteiger partial charge in [-0.1, -0.05) is 42.5 Å². The summed E-state index contributed by atoms with van der Waals surface area (Å²) in [6.07, 6.45) is 3.57. The predicted molar refractivity (Wildman–Crippen MR) is 89.9 cm³/mol. The van der Waals surface area contributed by atoms with Gasteiger partial charge in [-0.05, 0) is 55.6 Å². The molecular formula is C19H24N2. The fraction of sp³-hybridized carbons (Fsp3) is 0.368. The van der Waals surface area contributed by atoms with Crippen molar-refractivity contribution in [3.8, 4) is 0 Å². The Kier molecular flexibility index (Phi) is 4.56. The van der Waals surface area contributed by atoms with Gasteiger partial charge in [0.15, 0.2) is 0 Å². The van der Waals surface area contributed by atoms with Gasteiger partial charge in [0.05, 0.1) is 0 Å². The zero-order valence-electron chi connectivity index (χ0n) is 12.8. The summed E-state index contributed by atoms with van der Waals surface area (Å²) in [5.41, 5.74) is 5.82. The number of nitrogens with zero attached hydrogens (tertiary/aromatic N) is 1. The van der Waals surface area contributed by atoms with E-state index in [4.69, 9.17) is 0 Å². The fourth-order valence-electron chi connectivity index (χ4n) is 3.12. The van der Waals surface area contributed by atoms with Gasteiger partial charge in [0, 0.05) is 18.8 Å². The Labute approximate surface area is 127 Å². The molecule has 110 valence electrons. The molecular weight excluding hydrogens is 256 g/mol. The van der Waals surface area contributed by atoms with Crippen LogP contribution in [0, 0.1) is 0 Å². The van der Waals surface area contributed by atoms with E-state index in [-0.39, 0.29) is 0 Å². The van der Waals surface area contributed by atoms with E-state index in [1.165, 1.54) is 41.6 Å². The summed E-state index contributed by atoms with van der Waals surface area (Å²) >= 11 is 0. The third-order valence-electron chi connectivity index (χ3n) is 4.24. The Morgan fingerprint density at radius 1 is 1.05 bits per heavy atom. The van der Waals surface area contributed by atoms with Crippen molar-refractivity contribution in [3.63, 3.8) is 0 Å². The number of hydrogen-bond donors (Lipinski definition) is 1. The van der Waals surface area contributed by atoms with Crippen molar-refractivity contribution in [1.29, 1.82) is 0 Å². The van der Waals surface area contributed by atoms with Gasteiger partial charge in [0.25, 0.3) is 0 Å². The number of anilines is 1. The molecule has 0 saturated carbocycles. The van der Waals surface area contributed by atoms with Crippen LogP contribution in [0.15, 0.2) is 48.5 Å². The van der Waals surface area contributed by atoms with E-state index in [9.17, 15) is 0 Å². The van der Waals surface area contributed by atoms with E-state index < -0.39 is 0 Å². The maximum absolute atomic E-state index is 3.22. The molecule has 0 spiro atoms. The SMILES string of the molecule is CNCCCc1ccc2c(c1)CCN2Cc1ccccc1. The van der Waals surface area contributed by atoms with Crippen LogP contribution in [0.2, 0.25) is 0 Å². The van der Waals surface area contributed by atoms with Crippen molar-refractivity contribution in [1.82, 2.24) is 5.32 Å². The van der Waals surface area contributed by atoms with Crippen molar-refractivity contribution in [2.24, 2.45) is 0 Å². The van der Waals surface area contributed by atoms with Gasteiger partial charge in [-0.3, -0.25) is 0 Å². The summed E-state index contributed by atoms with van der Waals surface area (Å²) in [6, 6.07) is 17.8. The minimum absolute atomic E-state index is 1.02. The molecule has 0 atom stereocenters. The fourth-order valence-corrected chi connectivity index (χ4v) is 3.12. The Morgan fingerprint density at radius 3 is 2.71 bits per heavy atom.